The molecule has 1 heteroatoms. The van der Waals surface area contributed by atoms with Gasteiger partial charge in [-0.2, -0.15) is 0 Å². The van der Waals surface area contributed by atoms with Gasteiger partial charge in [0.05, 0.1) is 0 Å². The van der Waals surface area contributed by atoms with Gasteiger partial charge < -0.3 is 5.11 Å². The zero-order chi connectivity index (χ0) is 12.5. The highest BCUT2D eigenvalue weighted by molar-refractivity contribution is 5.88. The van der Waals surface area contributed by atoms with E-state index in [1.165, 1.54) is 10.8 Å². The molecule has 0 bridgehead atoms. The van der Waals surface area contributed by atoms with E-state index in [0.29, 0.717) is 5.75 Å². The van der Waals surface area contributed by atoms with Gasteiger partial charge in [0.2, 0.25) is 0 Å². The highest BCUT2D eigenvalue weighted by Gasteiger charge is 2.05. The van der Waals surface area contributed by atoms with Crippen molar-refractivity contribution < 1.29 is 5.11 Å². The molecule has 18 heavy (non-hydrogen) atoms. The maximum atomic E-state index is 9.96. The van der Waals surface area contributed by atoms with Crippen LogP contribution in [0.2, 0.25) is 0 Å². The lowest BCUT2D eigenvalue weighted by molar-refractivity contribution is 0.477. The van der Waals surface area contributed by atoms with Crippen LogP contribution >= 0.6 is 0 Å². The molecule has 0 saturated carbocycles. The summed E-state index contributed by atoms with van der Waals surface area (Å²) in [6.45, 7) is 2.03. The minimum atomic E-state index is 0.330. The van der Waals surface area contributed by atoms with Gasteiger partial charge in [-0.05, 0) is 41.5 Å². The summed E-state index contributed by atoms with van der Waals surface area (Å²) < 4.78 is 0. The number of benzene rings is 3. The van der Waals surface area contributed by atoms with E-state index in [-0.39, 0.29) is 0 Å². The fraction of sp³-hybridized carbons (Fsp3) is 0.0588. The zero-order valence-electron chi connectivity index (χ0n) is 10.2. The monoisotopic (exact) mass is 234 g/mol. The highest BCUT2D eigenvalue weighted by Crippen LogP contribution is 2.31. The molecule has 0 atom stereocenters. The van der Waals surface area contributed by atoms with E-state index in [1.54, 1.807) is 6.07 Å². The van der Waals surface area contributed by atoms with Crippen LogP contribution in [-0.2, 0) is 0 Å². The first kappa shape index (κ1) is 10.8. The fourth-order valence-electron chi connectivity index (χ4n) is 2.24. The number of aromatic hydroxyl groups is 1. The molecule has 0 unspecified atom stereocenters. The SMILES string of the molecule is Cc1ccc(O)c(-c2ccc3ccccc3c2)c1. The average molecular weight is 234 g/mol. The molecule has 88 valence electrons. The van der Waals surface area contributed by atoms with Gasteiger partial charge in [-0.1, -0.05) is 48.0 Å². The second-order valence-corrected chi connectivity index (χ2v) is 4.58. The van der Waals surface area contributed by atoms with Crippen molar-refractivity contribution in [3.05, 3.63) is 66.2 Å². The van der Waals surface area contributed by atoms with E-state index in [4.69, 9.17) is 0 Å². The number of aryl methyl sites for hydroxylation is 1. The van der Waals surface area contributed by atoms with E-state index in [0.717, 1.165) is 16.7 Å². The van der Waals surface area contributed by atoms with Crippen molar-refractivity contribution >= 4 is 10.8 Å². The van der Waals surface area contributed by atoms with Gasteiger partial charge >= 0.3 is 0 Å². The van der Waals surface area contributed by atoms with Gasteiger partial charge in [-0.25, -0.2) is 0 Å². The predicted octanol–water partition coefficient (Wildman–Crippen LogP) is 4.52. The standard InChI is InChI=1S/C17H14O/c1-12-6-9-17(18)16(10-12)15-8-7-13-4-2-3-5-14(13)11-15/h2-11,18H,1H3. The Labute approximate surface area is 106 Å². The van der Waals surface area contributed by atoms with Gasteiger partial charge in [-0.3, -0.25) is 0 Å². The van der Waals surface area contributed by atoms with Crippen LogP contribution in [0.5, 0.6) is 5.75 Å². The molecule has 3 aromatic rings. The Balaban J connectivity index is 2.22. The van der Waals surface area contributed by atoms with Crippen molar-refractivity contribution in [3.8, 4) is 16.9 Å². The highest BCUT2D eigenvalue weighted by atomic mass is 16.3. The Kier molecular flexibility index (Phi) is 2.52. The van der Waals surface area contributed by atoms with Crippen LogP contribution in [-0.4, -0.2) is 5.11 Å². The number of phenolic OH excluding ortho intramolecular Hbond substituents is 1. The molecular formula is C17H14O. The second-order valence-electron chi connectivity index (χ2n) is 4.58. The maximum Gasteiger partial charge on any atom is 0.123 e. The van der Waals surface area contributed by atoms with Gasteiger partial charge in [0, 0.05) is 5.56 Å². The Morgan fingerprint density at radius 1 is 0.778 bits per heavy atom. The molecule has 0 saturated heterocycles. The molecule has 0 aromatic heterocycles. The first-order valence-corrected chi connectivity index (χ1v) is 6.03. The van der Waals surface area contributed by atoms with Gasteiger partial charge in [0.25, 0.3) is 0 Å². The summed E-state index contributed by atoms with van der Waals surface area (Å²) in [5.41, 5.74) is 3.09. The summed E-state index contributed by atoms with van der Waals surface area (Å²) in [4.78, 5) is 0. The Bertz CT molecular complexity index is 714. The van der Waals surface area contributed by atoms with Crippen LogP contribution in [0, 0.1) is 6.92 Å². The lowest BCUT2D eigenvalue weighted by atomic mass is 9.99. The number of phenols is 1. The topological polar surface area (TPSA) is 20.2 Å². The molecule has 1 nitrogen and oxygen atoms in total. The zero-order valence-corrected chi connectivity index (χ0v) is 10.2. The molecule has 0 aliphatic heterocycles. The van der Waals surface area contributed by atoms with Gasteiger partial charge in [0.15, 0.2) is 0 Å². The predicted molar refractivity (Wildman–Crippen MR) is 75.8 cm³/mol. The minimum absolute atomic E-state index is 0.330. The maximum absolute atomic E-state index is 9.96. The summed E-state index contributed by atoms with van der Waals surface area (Å²) in [5, 5.41) is 12.4. The molecule has 0 aliphatic carbocycles. The molecule has 0 heterocycles. The van der Waals surface area contributed by atoms with Crippen LogP contribution in [0.25, 0.3) is 21.9 Å². The van der Waals surface area contributed by atoms with Crippen molar-refractivity contribution in [2.24, 2.45) is 0 Å². The van der Waals surface area contributed by atoms with Crippen molar-refractivity contribution in [2.75, 3.05) is 0 Å². The molecule has 3 rings (SSSR count). The van der Waals surface area contributed by atoms with Crippen LogP contribution in [0.3, 0.4) is 0 Å². The Hall–Kier alpha value is -2.28. The normalized spacial score (nSPS) is 10.7. The van der Waals surface area contributed by atoms with E-state index in [2.05, 4.69) is 30.3 Å². The van der Waals surface area contributed by atoms with Crippen LogP contribution in [0.4, 0.5) is 0 Å². The summed E-state index contributed by atoms with van der Waals surface area (Å²) in [7, 11) is 0. The fourth-order valence-corrected chi connectivity index (χ4v) is 2.24. The first-order chi connectivity index (χ1) is 8.74. The van der Waals surface area contributed by atoms with E-state index < -0.39 is 0 Å². The van der Waals surface area contributed by atoms with Crippen LogP contribution in [0.15, 0.2) is 60.7 Å². The Morgan fingerprint density at radius 2 is 1.56 bits per heavy atom. The van der Waals surface area contributed by atoms with E-state index >= 15 is 0 Å². The van der Waals surface area contributed by atoms with Crippen molar-refractivity contribution in [1.29, 1.82) is 0 Å². The third kappa shape index (κ3) is 1.84. The van der Waals surface area contributed by atoms with Crippen LogP contribution < -0.4 is 0 Å². The molecule has 0 radical (unpaired) electrons. The van der Waals surface area contributed by atoms with Crippen molar-refractivity contribution in [3.63, 3.8) is 0 Å². The molecule has 0 aliphatic rings. The van der Waals surface area contributed by atoms with Crippen molar-refractivity contribution in [1.82, 2.24) is 0 Å². The number of hydrogen-bond donors (Lipinski definition) is 1. The third-order valence-electron chi connectivity index (χ3n) is 3.21. The Morgan fingerprint density at radius 3 is 2.39 bits per heavy atom. The molecule has 0 fully saturated rings. The number of hydrogen-bond acceptors (Lipinski definition) is 1. The van der Waals surface area contributed by atoms with E-state index in [9.17, 15) is 5.11 Å². The lowest BCUT2D eigenvalue weighted by Gasteiger charge is -2.07. The quantitative estimate of drug-likeness (QED) is 0.656. The van der Waals surface area contributed by atoms with Crippen LogP contribution in [0.1, 0.15) is 5.56 Å². The number of fused-ring (bicyclic) bond motifs is 1. The summed E-state index contributed by atoms with van der Waals surface area (Å²) >= 11 is 0. The minimum Gasteiger partial charge on any atom is -0.507 e. The molecular weight excluding hydrogens is 220 g/mol. The molecule has 0 amide bonds. The average Bonchev–Trinajstić information content (AvgIpc) is 2.41. The number of rotatable bonds is 1. The summed E-state index contributed by atoms with van der Waals surface area (Å²) in [6.07, 6.45) is 0. The second kappa shape index (κ2) is 4.19. The molecule has 0 spiro atoms. The smallest absolute Gasteiger partial charge is 0.123 e. The van der Waals surface area contributed by atoms with E-state index in [1.807, 2.05) is 31.2 Å². The third-order valence-corrected chi connectivity index (χ3v) is 3.21. The largest absolute Gasteiger partial charge is 0.507 e. The summed E-state index contributed by atoms with van der Waals surface area (Å²) in [5.74, 6) is 0.330. The van der Waals surface area contributed by atoms with Gasteiger partial charge in [-0.15, -0.1) is 0 Å². The van der Waals surface area contributed by atoms with Gasteiger partial charge in [0.1, 0.15) is 5.75 Å². The molecule has 3 aromatic carbocycles. The lowest BCUT2D eigenvalue weighted by Crippen LogP contribution is -1.82. The molecule has 1 N–H and O–H groups in total. The first-order valence-electron chi connectivity index (χ1n) is 6.03. The summed E-state index contributed by atoms with van der Waals surface area (Å²) in [6, 6.07) is 20.2. The van der Waals surface area contributed by atoms with Crippen molar-refractivity contribution in [2.45, 2.75) is 6.92 Å².